The normalized spacial score (nSPS) is 11.5. The van der Waals surface area contributed by atoms with Crippen molar-refractivity contribution in [2.45, 2.75) is 53.6 Å². The van der Waals surface area contributed by atoms with Crippen LogP contribution in [-0.2, 0) is 9.53 Å². The Morgan fingerprint density at radius 2 is 1.03 bits per heavy atom. The fraction of sp³-hybridized carbons (Fsp3) is 0.260. The number of methoxy groups -OCH3 is 2. The van der Waals surface area contributed by atoms with Gasteiger partial charge < -0.3 is 23.7 Å². The summed E-state index contributed by atoms with van der Waals surface area (Å²) in [4.78, 5) is 40.0. The monoisotopic (exact) mass is 966 g/mol. The number of nitrogens with zero attached hydrogens (tertiary/aromatic N) is 4. The zero-order chi connectivity index (χ0) is 47.3. The summed E-state index contributed by atoms with van der Waals surface area (Å²) in [6.07, 6.45) is 3.68. The van der Waals surface area contributed by atoms with Gasteiger partial charge in [0.25, 0.3) is 11.1 Å². The fourth-order valence-electron chi connectivity index (χ4n) is 6.52. The third-order valence-corrected chi connectivity index (χ3v) is 12.8. The van der Waals surface area contributed by atoms with Crippen LogP contribution in [0.3, 0.4) is 0 Å². The van der Waals surface area contributed by atoms with Crippen LogP contribution in [0.2, 0.25) is 10.0 Å². The van der Waals surface area contributed by atoms with Crippen LogP contribution in [0.25, 0.3) is 52.4 Å². The Labute approximate surface area is 399 Å². The number of hydrogen-bond donors (Lipinski definition) is 0. The lowest BCUT2D eigenvalue weighted by molar-refractivity contribution is -0.158. The Bertz CT molecular complexity index is 3140. The molecule has 4 heterocycles. The number of fused-ring (bicyclic) bond motifs is 2. The first-order valence-electron chi connectivity index (χ1n) is 20.9. The number of ether oxygens (including phenoxy) is 5. The minimum absolute atomic E-state index is 0.0220. The van der Waals surface area contributed by atoms with E-state index in [2.05, 4.69) is 31.0 Å². The van der Waals surface area contributed by atoms with E-state index in [0.717, 1.165) is 31.7 Å². The molecule has 0 unspecified atom stereocenters. The molecule has 0 aliphatic carbocycles. The lowest BCUT2D eigenvalue weighted by Crippen LogP contribution is -2.34. The summed E-state index contributed by atoms with van der Waals surface area (Å²) in [5.41, 5.74) is 1.97. The molecule has 0 radical (unpaired) electrons. The predicted octanol–water partition coefficient (Wildman–Crippen LogP) is 12.1. The maximum Gasteiger partial charge on any atom is 0.306 e. The molecule has 16 heteroatoms. The number of halogens is 2. The highest BCUT2D eigenvalue weighted by atomic mass is 35.5. The van der Waals surface area contributed by atoms with E-state index in [1.165, 1.54) is 39.1 Å². The Hall–Kier alpha value is -6.19. The van der Waals surface area contributed by atoms with Gasteiger partial charge in [0, 0.05) is 49.1 Å². The third kappa shape index (κ3) is 11.2. The van der Waals surface area contributed by atoms with E-state index >= 15 is 0 Å². The molecular weight excluding hydrogens is 920 g/mol. The summed E-state index contributed by atoms with van der Waals surface area (Å²) in [6.45, 7) is 12.3. The van der Waals surface area contributed by atoms with Crippen molar-refractivity contribution in [3.8, 4) is 55.3 Å². The lowest BCUT2D eigenvalue weighted by atomic mass is 9.99. The van der Waals surface area contributed by atoms with Crippen molar-refractivity contribution in [1.82, 2.24) is 19.6 Å². The van der Waals surface area contributed by atoms with Crippen molar-refractivity contribution in [1.29, 1.82) is 0 Å². The Morgan fingerprint density at radius 1 is 0.606 bits per heavy atom. The molecule has 8 rings (SSSR count). The molecule has 4 aromatic heterocycles. The van der Waals surface area contributed by atoms with Crippen LogP contribution in [0.5, 0.6) is 23.0 Å². The largest absolute Gasteiger partial charge is 0.493 e. The van der Waals surface area contributed by atoms with Crippen LogP contribution < -0.4 is 30.1 Å². The predicted molar refractivity (Wildman–Crippen MR) is 265 cm³/mol. The number of carbonyl (C=O) groups is 1. The molecule has 0 fully saturated rings. The van der Waals surface area contributed by atoms with E-state index in [0.29, 0.717) is 66.8 Å². The average molecular weight is 968 g/mol. The number of rotatable bonds is 13. The van der Waals surface area contributed by atoms with Gasteiger partial charge in [0.1, 0.15) is 21.6 Å². The van der Waals surface area contributed by atoms with Crippen molar-refractivity contribution >= 4 is 72.0 Å². The second-order valence-corrected chi connectivity index (χ2v) is 19.9. The Morgan fingerprint density at radius 3 is 1.42 bits per heavy atom. The Balaban J connectivity index is 0.000000198. The molecule has 66 heavy (non-hydrogen) atoms. The van der Waals surface area contributed by atoms with Gasteiger partial charge in [0.15, 0.2) is 23.0 Å². The quantitative estimate of drug-likeness (QED) is 0.103. The molecule has 0 atom stereocenters. The summed E-state index contributed by atoms with van der Waals surface area (Å²) < 4.78 is 32.1. The van der Waals surface area contributed by atoms with E-state index < -0.39 is 5.60 Å². The number of aromatic nitrogens is 4. The maximum atomic E-state index is 13.3. The zero-order valence-electron chi connectivity index (χ0n) is 37.6. The van der Waals surface area contributed by atoms with Crippen molar-refractivity contribution < 1.29 is 28.5 Å². The van der Waals surface area contributed by atoms with Crippen LogP contribution in [-0.4, -0.2) is 58.6 Å². The SMILES string of the molecule is CCC(=O)OC(C)(C)COc1ccc(-n2ncc3cc(-c4ccc(Cl)cc4)sc3c2=O)cc1OC.COc1cc(-n2ncc3cc(-c4ccc(Cl)cc4)sc3c2=O)ccc1OCC(C)(C)C. The molecule has 0 bridgehead atoms. The van der Waals surface area contributed by atoms with E-state index in [4.69, 9.17) is 46.9 Å². The van der Waals surface area contributed by atoms with E-state index in [-0.39, 0.29) is 29.1 Å². The van der Waals surface area contributed by atoms with Gasteiger partial charge in [-0.15, -0.1) is 22.7 Å². The van der Waals surface area contributed by atoms with E-state index in [9.17, 15) is 14.4 Å². The summed E-state index contributed by atoms with van der Waals surface area (Å²) in [6, 6.07) is 29.5. The molecule has 8 aromatic rings. The number of hydrogen-bond acceptors (Lipinski definition) is 12. The van der Waals surface area contributed by atoms with Crippen LogP contribution in [0, 0.1) is 5.41 Å². The van der Waals surface area contributed by atoms with Crippen molar-refractivity contribution in [2.75, 3.05) is 27.4 Å². The highest BCUT2D eigenvalue weighted by Gasteiger charge is 2.24. The second kappa shape index (κ2) is 20.1. The highest BCUT2D eigenvalue weighted by Crippen LogP contribution is 2.36. The van der Waals surface area contributed by atoms with Gasteiger partial charge in [-0.2, -0.15) is 19.6 Å². The first-order valence-corrected chi connectivity index (χ1v) is 23.2. The number of esters is 1. The average Bonchev–Trinajstić information content (AvgIpc) is 3.95. The van der Waals surface area contributed by atoms with Gasteiger partial charge >= 0.3 is 5.97 Å². The summed E-state index contributed by atoms with van der Waals surface area (Å²) in [5.74, 6) is 1.80. The minimum Gasteiger partial charge on any atom is -0.493 e. The van der Waals surface area contributed by atoms with Gasteiger partial charge in [0.05, 0.1) is 44.6 Å². The molecule has 0 amide bonds. The molecule has 0 aliphatic rings. The molecule has 0 saturated carbocycles. The lowest BCUT2D eigenvalue weighted by Gasteiger charge is -2.25. The van der Waals surface area contributed by atoms with Crippen LogP contribution in [0.4, 0.5) is 0 Å². The first-order chi connectivity index (χ1) is 31.4. The molecule has 0 saturated heterocycles. The van der Waals surface area contributed by atoms with Crippen molar-refractivity contribution in [2.24, 2.45) is 5.41 Å². The van der Waals surface area contributed by atoms with Gasteiger partial charge in [0.2, 0.25) is 0 Å². The summed E-state index contributed by atoms with van der Waals surface area (Å²) in [5, 5.41) is 11.7. The van der Waals surface area contributed by atoms with Gasteiger partial charge in [-0.25, -0.2) is 0 Å². The number of benzene rings is 4. The molecular formula is C50H48Cl2N4O8S2. The van der Waals surface area contributed by atoms with Gasteiger partial charge in [-0.3, -0.25) is 14.4 Å². The standard InChI is InChI=1S/C26H25ClN2O5S.C24H23ClN2O3S/c1-5-23(30)34-26(2,3)15-33-20-11-10-19(13-21(20)32-4)29-25(31)24-17(14-28-29)12-22(35-24)16-6-8-18(27)9-7-16;1-24(2,3)14-30-19-10-9-18(12-20(19)29-4)27-23(28)22-16(13-26-27)11-21(31-22)15-5-7-17(25)8-6-15/h6-14H,5,15H2,1-4H3;5-13H,14H2,1-4H3. The minimum atomic E-state index is -0.804. The molecule has 12 nitrogen and oxygen atoms in total. The van der Waals surface area contributed by atoms with Crippen molar-refractivity contribution in [3.63, 3.8) is 0 Å². The topological polar surface area (TPSA) is 133 Å². The fourth-order valence-corrected chi connectivity index (χ4v) is 8.90. The molecule has 0 N–H and O–H groups in total. The molecule has 4 aromatic carbocycles. The van der Waals surface area contributed by atoms with Gasteiger partial charge in [-0.05, 0) is 91.1 Å². The maximum absolute atomic E-state index is 13.3. The number of carbonyl (C=O) groups excluding carboxylic acids is 1. The summed E-state index contributed by atoms with van der Waals surface area (Å²) >= 11 is 14.8. The van der Waals surface area contributed by atoms with E-state index in [1.807, 2.05) is 72.8 Å². The van der Waals surface area contributed by atoms with Gasteiger partial charge in [-0.1, -0.05) is 75.2 Å². The van der Waals surface area contributed by atoms with Crippen LogP contribution >= 0.6 is 45.9 Å². The first kappa shape index (κ1) is 47.8. The molecule has 0 aliphatic heterocycles. The van der Waals surface area contributed by atoms with Crippen LogP contribution in [0.1, 0.15) is 48.0 Å². The third-order valence-electron chi connectivity index (χ3n) is 9.88. The van der Waals surface area contributed by atoms with Crippen molar-refractivity contribution in [3.05, 3.63) is 140 Å². The number of thiophene rings is 2. The smallest absolute Gasteiger partial charge is 0.306 e. The highest BCUT2D eigenvalue weighted by molar-refractivity contribution is 7.22. The van der Waals surface area contributed by atoms with Crippen LogP contribution in [0.15, 0.2) is 119 Å². The Kier molecular flexibility index (Phi) is 14.6. The molecule has 0 spiro atoms. The summed E-state index contributed by atoms with van der Waals surface area (Å²) in [7, 11) is 3.10. The van der Waals surface area contributed by atoms with E-state index in [1.54, 1.807) is 64.5 Å². The zero-order valence-corrected chi connectivity index (χ0v) is 40.8. The molecule has 342 valence electrons. The second-order valence-electron chi connectivity index (χ2n) is 16.9.